The Hall–Kier alpha value is -3.15. The first-order valence-corrected chi connectivity index (χ1v) is 10.2. The number of carbonyl (C=O) groups is 3. The van der Waals surface area contributed by atoms with E-state index in [1.54, 1.807) is 0 Å². The first-order valence-electron chi connectivity index (χ1n) is 10.2. The predicted octanol–water partition coefficient (Wildman–Crippen LogP) is 3.82. The number of methoxy groups -OCH3 is 1. The van der Waals surface area contributed by atoms with Crippen molar-refractivity contribution in [2.45, 2.75) is 51.5 Å². The summed E-state index contributed by atoms with van der Waals surface area (Å²) in [7, 11) is 1.30. The van der Waals surface area contributed by atoms with Crippen LogP contribution < -0.4 is 10.6 Å². The summed E-state index contributed by atoms with van der Waals surface area (Å²) >= 11 is 0. The highest BCUT2D eigenvalue weighted by Gasteiger charge is 2.21. The minimum Gasteiger partial charge on any atom is -0.467 e. The smallest absolute Gasteiger partial charge is 0.328 e. The Morgan fingerprint density at radius 3 is 2.13 bits per heavy atom. The lowest BCUT2D eigenvalue weighted by Gasteiger charge is -2.16. The molecule has 0 spiro atoms. The van der Waals surface area contributed by atoms with Gasteiger partial charge in [-0.25, -0.2) is 4.79 Å². The van der Waals surface area contributed by atoms with Crippen molar-refractivity contribution in [1.82, 2.24) is 5.32 Å². The highest BCUT2D eigenvalue weighted by molar-refractivity contribution is 5.91. The quantitative estimate of drug-likeness (QED) is 0.583. The number of carbonyl (C=O) groups excluding carboxylic acids is 3. The van der Waals surface area contributed by atoms with Crippen molar-refractivity contribution in [2.75, 3.05) is 12.4 Å². The van der Waals surface area contributed by atoms with Crippen LogP contribution in [0.15, 0.2) is 54.6 Å². The predicted molar refractivity (Wildman–Crippen MR) is 117 cm³/mol. The van der Waals surface area contributed by atoms with Gasteiger partial charge in [0.1, 0.15) is 6.04 Å². The summed E-state index contributed by atoms with van der Waals surface area (Å²) in [5.74, 6) is -0.483. The summed E-state index contributed by atoms with van der Waals surface area (Å²) in [5.41, 5.74) is 2.87. The van der Waals surface area contributed by atoms with Gasteiger partial charge in [0.25, 0.3) is 0 Å². The third-order valence-corrected chi connectivity index (χ3v) is 4.77. The van der Waals surface area contributed by atoms with Crippen LogP contribution in [0.2, 0.25) is 0 Å². The van der Waals surface area contributed by atoms with Gasteiger partial charge in [-0.05, 0) is 35.6 Å². The average Bonchev–Trinajstić information content (AvgIpc) is 2.73. The molecule has 6 nitrogen and oxygen atoms in total. The lowest BCUT2D eigenvalue weighted by Crippen LogP contribution is -2.43. The molecular formula is C24H30N2O4. The molecule has 30 heavy (non-hydrogen) atoms. The van der Waals surface area contributed by atoms with Gasteiger partial charge >= 0.3 is 5.97 Å². The fraction of sp³-hybridized carbons (Fsp3) is 0.375. The summed E-state index contributed by atoms with van der Waals surface area (Å²) in [6, 6.07) is 16.4. The summed E-state index contributed by atoms with van der Waals surface area (Å²) < 4.78 is 4.80. The van der Waals surface area contributed by atoms with Gasteiger partial charge in [0, 0.05) is 24.9 Å². The van der Waals surface area contributed by atoms with E-state index in [1.807, 2.05) is 54.6 Å². The fourth-order valence-electron chi connectivity index (χ4n) is 3.04. The minimum absolute atomic E-state index is 0.145. The number of esters is 1. The normalized spacial score (nSPS) is 11.6. The van der Waals surface area contributed by atoms with Gasteiger partial charge in [0.15, 0.2) is 0 Å². The van der Waals surface area contributed by atoms with Crippen molar-refractivity contribution in [2.24, 2.45) is 0 Å². The molecule has 0 heterocycles. The molecule has 160 valence electrons. The summed E-state index contributed by atoms with van der Waals surface area (Å²) in [6.07, 6.45) is 1.12. The summed E-state index contributed by atoms with van der Waals surface area (Å²) in [4.78, 5) is 36.4. The van der Waals surface area contributed by atoms with Gasteiger partial charge in [0.05, 0.1) is 7.11 Å². The number of benzene rings is 2. The highest BCUT2D eigenvalue weighted by atomic mass is 16.5. The molecule has 0 bridgehead atoms. The molecule has 0 radical (unpaired) electrons. The van der Waals surface area contributed by atoms with Gasteiger partial charge < -0.3 is 15.4 Å². The largest absolute Gasteiger partial charge is 0.467 e. The van der Waals surface area contributed by atoms with Crippen molar-refractivity contribution < 1.29 is 19.1 Å². The van der Waals surface area contributed by atoms with Crippen LogP contribution in [0.4, 0.5) is 5.69 Å². The second-order valence-corrected chi connectivity index (χ2v) is 7.51. The lowest BCUT2D eigenvalue weighted by molar-refractivity contribution is -0.145. The molecule has 0 aliphatic carbocycles. The third-order valence-electron chi connectivity index (χ3n) is 4.77. The molecule has 1 atom stereocenters. The van der Waals surface area contributed by atoms with Crippen molar-refractivity contribution in [3.05, 3.63) is 65.7 Å². The molecule has 2 amide bonds. The van der Waals surface area contributed by atoms with Crippen LogP contribution in [-0.2, 0) is 25.5 Å². The van der Waals surface area contributed by atoms with Crippen LogP contribution in [0.25, 0.3) is 0 Å². The first-order chi connectivity index (χ1) is 14.4. The zero-order chi connectivity index (χ0) is 21.9. The average molecular weight is 411 g/mol. The molecule has 0 saturated heterocycles. The Kier molecular flexibility index (Phi) is 9.06. The van der Waals surface area contributed by atoms with Crippen molar-refractivity contribution in [1.29, 1.82) is 0 Å². The molecule has 2 aromatic rings. The van der Waals surface area contributed by atoms with E-state index < -0.39 is 12.0 Å². The monoisotopic (exact) mass is 410 g/mol. The maximum Gasteiger partial charge on any atom is 0.328 e. The van der Waals surface area contributed by atoms with Crippen molar-refractivity contribution >= 4 is 23.5 Å². The van der Waals surface area contributed by atoms with Crippen LogP contribution in [0.1, 0.15) is 50.2 Å². The molecule has 0 aromatic heterocycles. The molecule has 6 heteroatoms. The Bertz CT molecular complexity index is 832. The van der Waals surface area contributed by atoms with E-state index in [2.05, 4.69) is 24.5 Å². The second-order valence-electron chi connectivity index (χ2n) is 7.51. The number of rotatable bonds is 10. The standard InChI is InChI=1S/C24H30N2O4/c1-17(2)19-12-14-20(15-13-19)25-22(27)10-7-11-23(28)26-21(24(29)30-3)16-18-8-5-4-6-9-18/h4-6,8-9,12-15,17,21H,7,10-11,16H2,1-3H3,(H,25,27)(H,26,28). The summed E-state index contributed by atoms with van der Waals surface area (Å²) in [5, 5.41) is 5.55. The SMILES string of the molecule is COC(=O)C(Cc1ccccc1)NC(=O)CCCC(=O)Nc1ccc(C(C)C)cc1. The van der Waals surface area contributed by atoms with Crippen molar-refractivity contribution in [3.8, 4) is 0 Å². The van der Waals surface area contributed by atoms with Gasteiger partial charge in [-0.3, -0.25) is 9.59 Å². The molecule has 0 aliphatic rings. The van der Waals surface area contributed by atoms with Crippen LogP contribution in [0.3, 0.4) is 0 Å². The molecule has 0 saturated carbocycles. The van der Waals surface area contributed by atoms with E-state index in [4.69, 9.17) is 4.74 Å². The lowest BCUT2D eigenvalue weighted by atomic mass is 10.0. The minimum atomic E-state index is -0.752. The maximum atomic E-state index is 12.3. The molecule has 1 unspecified atom stereocenters. The Morgan fingerprint density at radius 1 is 0.900 bits per heavy atom. The number of hydrogen-bond acceptors (Lipinski definition) is 4. The molecule has 2 N–H and O–H groups in total. The van der Waals surface area contributed by atoms with E-state index in [9.17, 15) is 14.4 Å². The fourth-order valence-corrected chi connectivity index (χ4v) is 3.04. The van der Waals surface area contributed by atoms with Crippen LogP contribution in [-0.4, -0.2) is 30.9 Å². The molecule has 0 aliphatic heterocycles. The van der Waals surface area contributed by atoms with Gasteiger partial charge in [-0.15, -0.1) is 0 Å². The zero-order valence-electron chi connectivity index (χ0n) is 17.8. The first kappa shape index (κ1) is 23.1. The Morgan fingerprint density at radius 2 is 1.53 bits per heavy atom. The van der Waals surface area contributed by atoms with E-state index in [1.165, 1.54) is 12.7 Å². The molecule has 0 fully saturated rings. The third kappa shape index (κ3) is 7.70. The van der Waals surface area contributed by atoms with E-state index in [0.717, 1.165) is 11.3 Å². The number of anilines is 1. The number of hydrogen-bond donors (Lipinski definition) is 2. The Balaban J connectivity index is 1.77. The van der Waals surface area contributed by atoms with Crippen molar-refractivity contribution in [3.63, 3.8) is 0 Å². The number of ether oxygens (including phenoxy) is 1. The molecular weight excluding hydrogens is 380 g/mol. The molecule has 2 aromatic carbocycles. The topological polar surface area (TPSA) is 84.5 Å². The van der Waals surface area contributed by atoms with Crippen LogP contribution in [0, 0.1) is 0 Å². The van der Waals surface area contributed by atoms with Crippen LogP contribution >= 0.6 is 0 Å². The van der Waals surface area contributed by atoms with Gasteiger partial charge in [-0.2, -0.15) is 0 Å². The number of nitrogens with one attached hydrogen (secondary N) is 2. The van der Waals surface area contributed by atoms with Crippen LogP contribution in [0.5, 0.6) is 0 Å². The maximum absolute atomic E-state index is 12.3. The van der Waals surface area contributed by atoms with Gasteiger partial charge in [0.2, 0.25) is 11.8 Å². The van der Waals surface area contributed by atoms with E-state index >= 15 is 0 Å². The highest BCUT2D eigenvalue weighted by Crippen LogP contribution is 2.17. The second kappa shape index (κ2) is 11.8. The summed E-state index contributed by atoms with van der Waals surface area (Å²) in [6.45, 7) is 4.23. The number of amides is 2. The zero-order valence-corrected chi connectivity index (χ0v) is 17.8. The Labute approximate surface area is 178 Å². The van der Waals surface area contributed by atoms with E-state index in [0.29, 0.717) is 18.8 Å². The molecule has 2 rings (SSSR count). The van der Waals surface area contributed by atoms with E-state index in [-0.39, 0.29) is 24.7 Å². The van der Waals surface area contributed by atoms with Gasteiger partial charge in [-0.1, -0.05) is 56.3 Å².